The Morgan fingerprint density at radius 1 is 0.957 bits per heavy atom. The summed E-state index contributed by atoms with van der Waals surface area (Å²) in [7, 11) is 0. The van der Waals surface area contributed by atoms with Crippen LogP contribution in [0.3, 0.4) is 0 Å². The molecule has 3 rings (SSSR count). The van der Waals surface area contributed by atoms with Gasteiger partial charge in [-0.3, -0.25) is 4.79 Å². The number of carbonyl (C=O) groups excluding carboxylic acids is 1. The highest BCUT2D eigenvalue weighted by molar-refractivity contribution is 5.94. The van der Waals surface area contributed by atoms with E-state index in [0.29, 0.717) is 23.9 Å². The van der Waals surface area contributed by atoms with Crippen LogP contribution in [0.1, 0.15) is 47.5 Å². The Bertz CT molecular complexity index is 630. The first-order valence-electron chi connectivity index (χ1n) is 8.31. The third-order valence-corrected chi connectivity index (χ3v) is 4.78. The van der Waals surface area contributed by atoms with Gasteiger partial charge in [0.05, 0.1) is 0 Å². The van der Waals surface area contributed by atoms with Gasteiger partial charge in [0.1, 0.15) is 5.82 Å². The first-order valence-corrected chi connectivity index (χ1v) is 8.31. The molecule has 23 heavy (non-hydrogen) atoms. The average Bonchev–Trinajstić information content (AvgIpc) is 2.61. The molecule has 1 amide bonds. The summed E-state index contributed by atoms with van der Waals surface area (Å²) in [6.45, 7) is 0.706. The molecule has 0 aliphatic heterocycles. The summed E-state index contributed by atoms with van der Waals surface area (Å²) in [6.07, 6.45) is 4.65. The van der Waals surface area contributed by atoms with E-state index in [9.17, 15) is 9.18 Å². The second-order valence-electron chi connectivity index (χ2n) is 6.35. The zero-order chi connectivity index (χ0) is 16.1. The van der Waals surface area contributed by atoms with E-state index in [-0.39, 0.29) is 11.7 Å². The molecule has 0 bridgehead atoms. The molecule has 1 fully saturated rings. The molecule has 0 saturated heterocycles. The molecule has 0 atom stereocenters. The maximum atomic E-state index is 12.9. The molecule has 1 saturated carbocycles. The predicted molar refractivity (Wildman–Crippen MR) is 89.9 cm³/mol. The number of rotatable bonds is 4. The quantitative estimate of drug-likeness (QED) is 0.883. The topological polar surface area (TPSA) is 29.1 Å². The molecule has 3 heteroatoms. The summed E-state index contributed by atoms with van der Waals surface area (Å²) in [6, 6.07) is 16.4. The first kappa shape index (κ1) is 15.7. The van der Waals surface area contributed by atoms with E-state index in [0.717, 1.165) is 12.8 Å². The lowest BCUT2D eigenvalue weighted by Gasteiger charge is -2.29. The Balaban J connectivity index is 1.46. The van der Waals surface area contributed by atoms with Gasteiger partial charge in [0, 0.05) is 12.1 Å². The van der Waals surface area contributed by atoms with Gasteiger partial charge < -0.3 is 5.32 Å². The Labute approximate surface area is 136 Å². The minimum atomic E-state index is -0.319. The Morgan fingerprint density at radius 2 is 1.61 bits per heavy atom. The lowest BCUT2D eigenvalue weighted by atomic mass is 9.78. The molecule has 2 aromatic rings. The highest BCUT2D eigenvalue weighted by Crippen LogP contribution is 2.35. The summed E-state index contributed by atoms with van der Waals surface area (Å²) in [4.78, 5) is 12.1. The van der Waals surface area contributed by atoms with Crippen LogP contribution in [-0.2, 0) is 0 Å². The van der Waals surface area contributed by atoms with Crippen LogP contribution in [0.25, 0.3) is 0 Å². The molecule has 1 aliphatic carbocycles. The minimum Gasteiger partial charge on any atom is -0.352 e. The van der Waals surface area contributed by atoms with Crippen molar-refractivity contribution in [1.82, 2.24) is 5.32 Å². The van der Waals surface area contributed by atoms with E-state index in [1.165, 1.54) is 42.7 Å². The number of halogens is 1. The number of hydrogen-bond donors (Lipinski definition) is 1. The van der Waals surface area contributed by atoms with Crippen LogP contribution in [0.4, 0.5) is 4.39 Å². The number of amides is 1. The molecular formula is C20H22FNO. The highest BCUT2D eigenvalue weighted by atomic mass is 19.1. The number of carbonyl (C=O) groups is 1. The maximum absolute atomic E-state index is 12.9. The Morgan fingerprint density at radius 3 is 2.26 bits per heavy atom. The molecule has 120 valence electrons. The zero-order valence-corrected chi connectivity index (χ0v) is 13.2. The van der Waals surface area contributed by atoms with Gasteiger partial charge in [0.15, 0.2) is 0 Å². The molecular weight excluding hydrogens is 289 g/mol. The van der Waals surface area contributed by atoms with Crippen molar-refractivity contribution >= 4 is 5.91 Å². The van der Waals surface area contributed by atoms with Crippen molar-refractivity contribution in [2.75, 3.05) is 6.54 Å². The standard InChI is InChI=1S/C20H22FNO/c21-19-12-10-18(11-13-19)20(23)22-14-15-6-8-17(9-7-15)16-4-2-1-3-5-16/h1-5,10-13,15,17H,6-9,14H2,(H,22,23)/t15-,17+. The van der Waals surface area contributed by atoms with Crippen molar-refractivity contribution < 1.29 is 9.18 Å². The third kappa shape index (κ3) is 4.19. The number of nitrogens with one attached hydrogen (secondary N) is 1. The second kappa shape index (κ2) is 7.40. The molecule has 0 heterocycles. The fraction of sp³-hybridized carbons (Fsp3) is 0.350. The van der Waals surface area contributed by atoms with Crippen molar-refractivity contribution in [2.45, 2.75) is 31.6 Å². The minimum absolute atomic E-state index is 0.116. The number of benzene rings is 2. The molecule has 0 aromatic heterocycles. The lowest BCUT2D eigenvalue weighted by Crippen LogP contribution is -2.31. The molecule has 0 unspecified atom stereocenters. The van der Waals surface area contributed by atoms with Gasteiger partial charge in [-0.15, -0.1) is 0 Å². The van der Waals surface area contributed by atoms with Gasteiger partial charge in [-0.2, -0.15) is 0 Å². The fourth-order valence-corrected chi connectivity index (χ4v) is 3.37. The Kier molecular flexibility index (Phi) is 5.06. The van der Waals surface area contributed by atoms with Crippen molar-refractivity contribution in [1.29, 1.82) is 0 Å². The van der Waals surface area contributed by atoms with Crippen LogP contribution < -0.4 is 5.32 Å². The van der Waals surface area contributed by atoms with Gasteiger partial charge in [-0.25, -0.2) is 4.39 Å². The summed E-state index contributed by atoms with van der Waals surface area (Å²) in [5.41, 5.74) is 1.95. The highest BCUT2D eigenvalue weighted by Gasteiger charge is 2.22. The second-order valence-corrected chi connectivity index (χ2v) is 6.35. The van der Waals surface area contributed by atoms with Gasteiger partial charge in [-0.05, 0) is 67.3 Å². The van der Waals surface area contributed by atoms with Crippen LogP contribution in [0.2, 0.25) is 0 Å². The van der Waals surface area contributed by atoms with E-state index >= 15 is 0 Å². The third-order valence-electron chi connectivity index (χ3n) is 4.78. The van der Waals surface area contributed by atoms with Gasteiger partial charge >= 0.3 is 0 Å². The molecule has 2 nitrogen and oxygen atoms in total. The first-order chi connectivity index (χ1) is 11.2. The van der Waals surface area contributed by atoms with Crippen LogP contribution in [0.15, 0.2) is 54.6 Å². The largest absolute Gasteiger partial charge is 0.352 e. The van der Waals surface area contributed by atoms with Crippen molar-refractivity contribution in [3.05, 3.63) is 71.5 Å². The van der Waals surface area contributed by atoms with E-state index in [2.05, 4.69) is 35.6 Å². The monoisotopic (exact) mass is 311 g/mol. The SMILES string of the molecule is O=C(NC[C@H]1CC[C@@H](c2ccccc2)CC1)c1ccc(F)cc1. The van der Waals surface area contributed by atoms with Crippen molar-refractivity contribution in [2.24, 2.45) is 5.92 Å². The van der Waals surface area contributed by atoms with E-state index in [4.69, 9.17) is 0 Å². The average molecular weight is 311 g/mol. The van der Waals surface area contributed by atoms with Gasteiger partial charge in [0.2, 0.25) is 0 Å². The van der Waals surface area contributed by atoms with Crippen LogP contribution in [0.5, 0.6) is 0 Å². The molecule has 1 aliphatic rings. The molecule has 2 aromatic carbocycles. The van der Waals surface area contributed by atoms with Crippen LogP contribution >= 0.6 is 0 Å². The summed E-state index contributed by atoms with van der Waals surface area (Å²) >= 11 is 0. The van der Waals surface area contributed by atoms with Crippen molar-refractivity contribution in [3.63, 3.8) is 0 Å². The zero-order valence-electron chi connectivity index (χ0n) is 13.2. The summed E-state index contributed by atoms with van der Waals surface area (Å²) in [5, 5.41) is 2.98. The lowest BCUT2D eigenvalue weighted by molar-refractivity contribution is 0.0943. The molecule has 0 spiro atoms. The normalized spacial score (nSPS) is 20.9. The van der Waals surface area contributed by atoms with Crippen molar-refractivity contribution in [3.8, 4) is 0 Å². The van der Waals surface area contributed by atoms with E-state index < -0.39 is 0 Å². The van der Waals surface area contributed by atoms with Gasteiger partial charge in [0.25, 0.3) is 5.91 Å². The van der Waals surface area contributed by atoms with E-state index in [1.807, 2.05) is 0 Å². The van der Waals surface area contributed by atoms with Crippen LogP contribution in [-0.4, -0.2) is 12.5 Å². The van der Waals surface area contributed by atoms with Crippen LogP contribution in [0, 0.1) is 11.7 Å². The Hall–Kier alpha value is -2.16. The summed E-state index contributed by atoms with van der Waals surface area (Å²) in [5.74, 6) is 0.760. The van der Waals surface area contributed by atoms with Gasteiger partial charge in [-0.1, -0.05) is 30.3 Å². The number of hydrogen-bond acceptors (Lipinski definition) is 1. The van der Waals surface area contributed by atoms with E-state index in [1.54, 1.807) is 0 Å². The fourth-order valence-electron chi connectivity index (χ4n) is 3.37. The summed E-state index contributed by atoms with van der Waals surface area (Å²) < 4.78 is 12.9. The maximum Gasteiger partial charge on any atom is 0.251 e. The predicted octanol–water partition coefficient (Wildman–Crippen LogP) is 4.53. The molecule has 0 radical (unpaired) electrons. The molecule has 1 N–H and O–H groups in total. The smallest absolute Gasteiger partial charge is 0.251 e.